The number of nitrogens with zero attached hydrogens (tertiary/aromatic N) is 1. The van der Waals surface area contributed by atoms with E-state index in [2.05, 4.69) is 35.3 Å². The topological polar surface area (TPSA) is 20.3 Å². The third-order valence-electron chi connectivity index (χ3n) is 4.32. The molecule has 0 fully saturated rings. The summed E-state index contributed by atoms with van der Waals surface area (Å²) in [6, 6.07) is 6.76. The number of para-hydroxylation sites is 1. The minimum atomic E-state index is 0.508. The second kappa shape index (κ2) is 6.57. The maximum Gasteiger partial charge on any atom is 0.142 e. The number of rotatable bonds is 4. The maximum absolute atomic E-state index is 10.2. The fourth-order valence-corrected chi connectivity index (χ4v) is 3.38. The zero-order valence-corrected chi connectivity index (χ0v) is 12.2. The second-order valence-corrected chi connectivity index (χ2v) is 5.63. The van der Waals surface area contributed by atoms with Gasteiger partial charge in [-0.25, -0.2) is 0 Å². The van der Waals surface area contributed by atoms with E-state index in [9.17, 15) is 4.79 Å². The summed E-state index contributed by atoms with van der Waals surface area (Å²) in [5.74, 6) is 0.508. The molecule has 0 amide bonds. The van der Waals surface area contributed by atoms with Gasteiger partial charge < -0.3 is 4.90 Å². The average Bonchev–Trinajstić information content (AvgIpc) is 2.53. The van der Waals surface area contributed by atoms with Crippen molar-refractivity contribution in [2.24, 2.45) is 0 Å². The number of aryl methyl sites for hydroxylation is 1. The number of hydrogen-bond acceptors (Lipinski definition) is 2. The summed E-state index contributed by atoms with van der Waals surface area (Å²) in [5.41, 5.74) is 4.49. The molecule has 21 heavy (non-hydrogen) atoms. The standard InChI is InChI=1S/C19H21NO/c21-15-5-3-1-2-4-8-16-12-14-20-13-7-10-17-9-6-11-18(16)19(17)20/h1-6,8-9,11,15-16H,7,10,12-14H2. The number of carbonyl (C=O) groups excluding carboxylic acids is 1. The highest BCUT2D eigenvalue weighted by molar-refractivity contribution is 5.65. The number of aldehydes is 1. The summed E-state index contributed by atoms with van der Waals surface area (Å²) >= 11 is 0. The molecule has 3 rings (SSSR count). The van der Waals surface area contributed by atoms with Crippen molar-refractivity contribution in [1.29, 1.82) is 0 Å². The highest BCUT2D eigenvalue weighted by atomic mass is 16.1. The predicted octanol–water partition coefficient (Wildman–Crippen LogP) is 3.79. The number of hydrogen-bond donors (Lipinski definition) is 0. The summed E-state index contributed by atoms with van der Waals surface area (Å²) in [5, 5.41) is 0. The molecule has 1 unspecified atom stereocenters. The van der Waals surface area contributed by atoms with Gasteiger partial charge in [-0.05, 0) is 36.5 Å². The van der Waals surface area contributed by atoms with Crippen molar-refractivity contribution in [2.45, 2.75) is 25.2 Å². The lowest BCUT2D eigenvalue weighted by molar-refractivity contribution is -0.104. The van der Waals surface area contributed by atoms with Crippen LogP contribution in [-0.4, -0.2) is 19.4 Å². The first-order chi connectivity index (χ1) is 10.4. The molecule has 2 heteroatoms. The predicted molar refractivity (Wildman–Crippen MR) is 87.8 cm³/mol. The highest BCUT2D eigenvalue weighted by Gasteiger charge is 2.27. The monoisotopic (exact) mass is 279 g/mol. The Balaban J connectivity index is 1.79. The van der Waals surface area contributed by atoms with Crippen LogP contribution < -0.4 is 4.90 Å². The quantitative estimate of drug-likeness (QED) is 0.475. The first kappa shape index (κ1) is 13.9. The van der Waals surface area contributed by atoms with Crippen molar-refractivity contribution in [2.75, 3.05) is 18.0 Å². The molecule has 2 aliphatic rings. The van der Waals surface area contributed by atoms with Gasteiger partial charge in [0.25, 0.3) is 0 Å². The lowest BCUT2D eigenvalue weighted by Gasteiger charge is -2.39. The molecule has 0 aliphatic carbocycles. The molecule has 1 aromatic rings. The molecule has 108 valence electrons. The van der Waals surface area contributed by atoms with Crippen LogP contribution in [0.5, 0.6) is 0 Å². The summed E-state index contributed by atoms with van der Waals surface area (Å²) < 4.78 is 0. The summed E-state index contributed by atoms with van der Waals surface area (Å²) in [6.07, 6.45) is 16.0. The Morgan fingerprint density at radius 1 is 1.05 bits per heavy atom. The van der Waals surface area contributed by atoms with E-state index in [0.717, 1.165) is 12.8 Å². The van der Waals surface area contributed by atoms with E-state index in [1.54, 1.807) is 6.08 Å². The number of allylic oxidation sites excluding steroid dienone is 6. The number of benzene rings is 1. The molecular formula is C19H21NO. The maximum atomic E-state index is 10.2. The molecule has 0 aromatic heterocycles. The van der Waals surface area contributed by atoms with Crippen LogP contribution >= 0.6 is 0 Å². The number of anilines is 1. The molecule has 1 aromatic carbocycles. The van der Waals surface area contributed by atoms with Crippen molar-refractivity contribution >= 4 is 12.0 Å². The molecule has 0 bridgehead atoms. The van der Waals surface area contributed by atoms with Crippen LogP contribution in [0.15, 0.2) is 54.7 Å². The van der Waals surface area contributed by atoms with Crippen molar-refractivity contribution in [3.63, 3.8) is 0 Å². The zero-order valence-electron chi connectivity index (χ0n) is 12.2. The highest BCUT2D eigenvalue weighted by Crippen LogP contribution is 2.40. The molecule has 2 nitrogen and oxygen atoms in total. The Morgan fingerprint density at radius 2 is 1.90 bits per heavy atom. The van der Waals surface area contributed by atoms with E-state index in [-0.39, 0.29) is 0 Å². The van der Waals surface area contributed by atoms with Gasteiger partial charge in [-0.3, -0.25) is 4.79 Å². The van der Waals surface area contributed by atoms with E-state index in [1.165, 1.54) is 48.7 Å². The third kappa shape index (κ3) is 2.99. The Bertz CT molecular complexity index is 598. The molecular weight excluding hydrogens is 258 g/mol. The van der Waals surface area contributed by atoms with Gasteiger partial charge in [0.2, 0.25) is 0 Å². The summed E-state index contributed by atoms with van der Waals surface area (Å²) in [4.78, 5) is 12.7. The van der Waals surface area contributed by atoms with Crippen LogP contribution in [0.2, 0.25) is 0 Å². The third-order valence-corrected chi connectivity index (χ3v) is 4.32. The van der Waals surface area contributed by atoms with Crippen LogP contribution in [0.4, 0.5) is 5.69 Å². The van der Waals surface area contributed by atoms with Gasteiger partial charge in [0, 0.05) is 24.7 Å². The molecule has 2 heterocycles. The SMILES string of the molecule is O=CC=CC=CC=CC1CCN2CCCc3cccc1c32. The fraction of sp³-hybridized carbons (Fsp3) is 0.316. The van der Waals surface area contributed by atoms with E-state index < -0.39 is 0 Å². The molecule has 1 atom stereocenters. The smallest absolute Gasteiger partial charge is 0.142 e. The Kier molecular flexibility index (Phi) is 4.34. The van der Waals surface area contributed by atoms with E-state index in [1.807, 2.05) is 12.2 Å². The largest absolute Gasteiger partial charge is 0.371 e. The molecule has 0 saturated carbocycles. The minimum Gasteiger partial charge on any atom is -0.371 e. The second-order valence-electron chi connectivity index (χ2n) is 5.63. The van der Waals surface area contributed by atoms with E-state index in [4.69, 9.17) is 0 Å². The van der Waals surface area contributed by atoms with Crippen molar-refractivity contribution in [1.82, 2.24) is 0 Å². The van der Waals surface area contributed by atoms with E-state index in [0.29, 0.717) is 5.92 Å². The molecule has 0 N–H and O–H groups in total. The average molecular weight is 279 g/mol. The Labute approximate surface area is 126 Å². The van der Waals surface area contributed by atoms with Gasteiger partial charge in [0.05, 0.1) is 0 Å². The Morgan fingerprint density at radius 3 is 2.81 bits per heavy atom. The van der Waals surface area contributed by atoms with Gasteiger partial charge in [-0.15, -0.1) is 0 Å². The van der Waals surface area contributed by atoms with Crippen molar-refractivity contribution in [3.8, 4) is 0 Å². The molecule has 0 spiro atoms. The van der Waals surface area contributed by atoms with E-state index >= 15 is 0 Å². The number of carbonyl (C=O) groups is 1. The molecule has 2 aliphatic heterocycles. The first-order valence-corrected chi connectivity index (χ1v) is 7.72. The lowest BCUT2D eigenvalue weighted by atomic mass is 9.85. The van der Waals surface area contributed by atoms with Gasteiger partial charge in [-0.1, -0.05) is 48.6 Å². The Hall–Kier alpha value is -2.09. The minimum absolute atomic E-state index is 0.508. The summed E-state index contributed by atoms with van der Waals surface area (Å²) in [6.45, 7) is 2.37. The van der Waals surface area contributed by atoms with Crippen LogP contribution in [-0.2, 0) is 11.2 Å². The summed E-state index contributed by atoms with van der Waals surface area (Å²) in [7, 11) is 0. The zero-order chi connectivity index (χ0) is 14.5. The first-order valence-electron chi connectivity index (χ1n) is 7.72. The van der Waals surface area contributed by atoms with Crippen LogP contribution in [0.3, 0.4) is 0 Å². The van der Waals surface area contributed by atoms with Gasteiger partial charge in [0.1, 0.15) is 6.29 Å². The van der Waals surface area contributed by atoms with Crippen molar-refractivity contribution < 1.29 is 4.79 Å². The van der Waals surface area contributed by atoms with Crippen LogP contribution in [0.25, 0.3) is 0 Å². The normalized spacial score (nSPS) is 21.3. The van der Waals surface area contributed by atoms with Crippen LogP contribution in [0, 0.1) is 0 Å². The van der Waals surface area contributed by atoms with Gasteiger partial charge in [-0.2, -0.15) is 0 Å². The molecule has 0 radical (unpaired) electrons. The molecule has 0 saturated heterocycles. The van der Waals surface area contributed by atoms with Gasteiger partial charge in [0.15, 0.2) is 0 Å². The van der Waals surface area contributed by atoms with Crippen LogP contribution in [0.1, 0.15) is 29.9 Å². The van der Waals surface area contributed by atoms with Gasteiger partial charge >= 0.3 is 0 Å². The lowest BCUT2D eigenvalue weighted by Crippen LogP contribution is -2.35. The van der Waals surface area contributed by atoms with Crippen molar-refractivity contribution in [3.05, 3.63) is 65.8 Å². The fourth-order valence-electron chi connectivity index (χ4n) is 3.38.